The van der Waals surface area contributed by atoms with E-state index in [-0.39, 0.29) is 17.2 Å². The van der Waals surface area contributed by atoms with Crippen LogP contribution < -0.4 is 10.6 Å². The predicted octanol–water partition coefficient (Wildman–Crippen LogP) is 2.57. The second kappa shape index (κ2) is 4.37. The highest BCUT2D eigenvalue weighted by Gasteiger charge is 2.38. The van der Waals surface area contributed by atoms with E-state index >= 15 is 0 Å². The van der Waals surface area contributed by atoms with E-state index in [2.05, 4.69) is 0 Å². The van der Waals surface area contributed by atoms with E-state index in [1.165, 1.54) is 4.90 Å². The summed E-state index contributed by atoms with van der Waals surface area (Å²) in [5, 5.41) is 0. The number of aryl methyl sites for hydroxylation is 2. The molecule has 1 aliphatic heterocycles. The number of anilines is 2. The van der Waals surface area contributed by atoms with Crippen molar-refractivity contribution in [1.82, 2.24) is 0 Å². The number of nitrogen functional groups attached to an aromatic ring is 1. The van der Waals surface area contributed by atoms with Gasteiger partial charge in [-0.25, -0.2) is 4.90 Å². The highest BCUT2D eigenvalue weighted by Crippen LogP contribution is 2.36. The van der Waals surface area contributed by atoms with Crippen molar-refractivity contribution in [1.29, 1.82) is 0 Å². The van der Waals surface area contributed by atoms with Crippen LogP contribution >= 0.6 is 0 Å². The molecular formula is C15H20N2O2. The minimum absolute atomic E-state index is 0.170. The largest absolute Gasteiger partial charge is 0.397 e. The Morgan fingerprint density at radius 3 is 2.05 bits per heavy atom. The molecule has 0 radical (unpaired) electrons. The molecule has 0 spiro atoms. The number of nitrogens with two attached hydrogens (primary N) is 1. The molecule has 1 saturated heterocycles. The number of carbonyl (C=O) groups is 2. The lowest BCUT2D eigenvalue weighted by Crippen LogP contribution is -2.46. The summed E-state index contributed by atoms with van der Waals surface area (Å²) >= 11 is 0. The third-order valence-corrected chi connectivity index (χ3v) is 3.64. The summed E-state index contributed by atoms with van der Waals surface area (Å²) in [6.45, 7) is 7.77. The molecule has 102 valence electrons. The quantitative estimate of drug-likeness (QED) is 0.623. The van der Waals surface area contributed by atoms with E-state index in [4.69, 9.17) is 5.73 Å². The summed E-state index contributed by atoms with van der Waals surface area (Å²) in [4.78, 5) is 25.7. The molecule has 1 aromatic carbocycles. The van der Waals surface area contributed by atoms with Gasteiger partial charge in [-0.1, -0.05) is 13.8 Å². The summed E-state index contributed by atoms with van der Waals surface area (Å²) in [6.07, 6.45) is 0.732. The molecule has 0 unspecified atom stereocenters. The molecule has 1 aliphatic rings. The molecule has 2 N–H and O–H groups in total. The molecule has 4 nitrogen and oxygen atoms in total. The van der Waals surface area contributed by atoms with Crippen LogP contribution in [0.2, 0.25) is 0 Å². The molecule has 2 rings (SSSR count). The third kappa shape index (κ3) is 2.48. The summed E-state index contributed by atoms with van der Waals surface area (Å²) in [7, 11) is 0. The molecule has 0 saturated carbocycles. The van der Waals surface area contributed by atoms with Gasteiger partial charge in [0.05, 0.1) is 11.4 Å². The SMILES string of the molecule is Cc1cc(N)c(N2C(=O)CC(C)(C)CC2=O)cc1C. The lowest BCUT2D eigenvalue weighted by Gasteiger charge is -2.35. The molecule has 0 bridgehead atoms. The number of nitrogens with zero attached hydrogens (tertiary/aromatic N) is 1. The Bertz CT molecular complexity index is 542. The average Bonchev–Trinajstić information content (AvgIpc) is 2.22. The van der Waals surface area contributed by atoms with Gasteiger partial charge in [0.15, 0.2) is 0 Å². The minimum Gasteiger partial charge on any atom is -0.397 e. The maximum atomic E-state index is 12.2. The van der Waals surface area contributed by atoms with E-state index in [9.17, 15) is 9.59 Å². The summed E-state index contributed by atoms with van der Waals surface area (Å²) in [6, 6.07) is 3.63. The van der Waals surface area contributed by atoms with Crippen LogP contribution in [0.3, 0.4) is 0 Å². The van der Waals surface area contributed by atoms with Gasteiger partial charge in [0.2, 0.25) is 11.8 Å². The standard InChI is InChI=1S/C15H20N2O2/c1-9-5-11(16)12(6-10(9)2)17-13(18)7-15(3,4)8-14(17)19/h5-6H,7-8,16H2,1-4H3. The number of carbonyl (C=O) groups excluding carboxylic acids is 2. The molecular weight excluding hydrogens is 240 g/mol. The van der Waals surface area contributed by atoms with Gasteiger partial charge in [0.25, 0.3) is 0 Å². The van der Waals surface area contributed by atoms with E-state index < -0.39 is 0 Å². The maximum Gasteiger partial charge on any atom is 0.234 e. The monoisotopic (exact) mass is 260 g/mol. The van der Waals surface area contributed by atoms with Gasteiger partial charge < -0.3 is 5.73 Å². The van der Waals surface area contributed by atoms with Crippen molar-refractivity contribution in [3.05, 3.63) is 23.3 Å². The highest BCUT2D eigenvalue weighted by atomic mass is 16.2. The molecule has 4 heteroatoms. The third-order valence-electron chi connectivity index (χ3n) is 3.64. The lowest BCUT2D eigenvalue weighted by molar-refractivity contribution is -0.132. The zero-order chi connectivity index (χ0) is 14.4. The number of rotatable bonds is 1. The van der Waals surface area contributed by atoms with E-state index in [1.54, 1.807) is 0 Å². The van der Waals surface area contributed by atoms with Gasteiger partial charge in [0, 0.05) is 12.8 Å². The van der Waals surface area contributed by atoms with E-state index in [1.807, 2.05) is 39.8 Å². The van der Waals surface area contributed by atoms with Crippen molar-refractivity contribution < 1.29 is 9.59 Å². The lowest BCUT2D eigenvalue weighted by atomic mass is 9.81. The fraction of sp³-hybridized carbons (Fsp3) is 0.467. The van der Waals surface area contributed by atoms with Crippen LogP contribution in [0.1, 0.15) is 37.8 Å². The van der Waals surface area contributed by atoms with Crippen LogP contribution in [0.4, 0.5) is 11.4 Å². The van der Waals surface area contributed by atoms with Gasteiger partial charge in [-0.05, 0) is 42.5 Å². The Morgan fingerprint density at radius 2 is 1.53 bits per heavy atom. The van der Waals surface area contributed by atoms with Gasteiger partial charge in [0.1, 0.15) is 0 Å². The average molecular weight is 260 g/mol. The number of amides is 2. The fourth-order valence-corrected chi connectivity index (χ4v) is 2.46. The Labute approximate surface area is 113 Å². The number of piperidine rings is 1. The van der Waals surface area contributed by atoms with Crippen molar-refractivity contribution in [2.45, 2.75) is 40.5 Å². The number of imide groups is 1. The van der Waals surface area contributed by atoms with Gasteiger partial charge in [-0.2, -0.15) is 0 Å². The smallest absolute Gasteiger partial charge is 0.234 e. The fourth-order valence-electron chi connectivity index (χ4n) is 2.46. The first-order valence-corrected chi connectivity index (χ1v) is 6.44. The molecule has 1 aromatic rings. The Morgan fingerprint density at radius 1 is 1.05 bits per heavy atom. The van der Waals surface area contributed by atoms with Crippen LogP contribution in [-0.2, 0) is 9.59 Å². The van der Waals surface area contributed by atoms with Crippen molar-refractivity contribution in [3.63, 3.8) is 0 Å². The predicted molar refractivity (Wildman–Crippen MR) is 75.8 cm³/mol. The van der Waals surface area contributed by atoms with Crippen LogP contribution in [0.25, 0.3) is 0 Å². The molecule has 0 aromatic heterocycles. The van der Waals surface area contributed by atoms with Gasteiger partial charge in [-0.3, -0.25) is 9.59 Å². The Balaban J connectivity index is 2.45. The molecule has 0 aliphatic carbocycles. The topological polar surface area (TPSA) is 63.4 Å². The van der Waals surface area contributed by atoms with E-state index in [0.29, 0.717) is 24.2 Å². The first-order valence-electron chi connectivity index (χ1n) is 6.44. The summed E-state index contributed by atoms with van der Waals surface area (Å²) < 4.78 is 0. The first-order chi connectivity index (χ1) is 8.71. The minimum atomic E-state index is -0.265. The first kappa shape index (κ1) is 13.6. The second-order valence-corrected chi connectivity index (χ2v) is 6.14. The molecule has 2 amide bonds. The van der Waals surface area contributed by atoms with E-state index in [0.717, 1.165) is 11.1 Å². The molecule has 1 heterocycles. The molecule has 1 fully saturated rings. The number of hydrogen-bond donors (Lipinski definition) is 1. The van der Waals surface area contributed by atoms with Crippen LogP contribution in [-0.4, -0.2) is 11.8 Å². The van der Waals surface area contributed by atoms with Gasteiger partial charge in [-0.15, -0.1) is 0 Å². The zero-order valence-electron chi connectivity index (χ0n) is 11.9. The van der Waals surface area contributed by atoms with Crippen molar-refractivity contribution in [3.8, 4) is 0 Å². The summed E-state index contributed by atoms with van der Waals surface area (Å²) in [5.74, 6) is -0.340. The number of benzene rings is 1. The van der Waals surface area contributed by atoms with Gasteiger partial charge >= 0.3 is 0 Å². The Kier molecular flexibility index (Phi) is 3.12. The van der Waals surface area contributed by atoms with Crippen molar-refractivity contribution >= 4 is 23.2 Å². The number of hydrogen-bond acceptors (Lipinski definition) is 3. The van der Waals surface area contributed by atoms with Crippen LogP contribution in [0.15, 0.2) is 12.1 Å². The normalized spacial score (nSPS) is 18.8. The second-order valence-electron chi connectivity index (χ2n) is 6.14. The van der Waals surface area contributed by atoms with Crippen molar-refractivity contribution in [2.75, 3.05) is 10.6 Å². The highest BCUT2D eigenvalue weighted by molar-refractivity contribution is 6.18. The zero-order valence-corrected chi connectivity index (χ0v) is 11.9. The summed E-state index contributed by atoms with van der Waals surface area (Å²) in [5.41, 5.74) is 8.78. The molecule has 19 heavy (non-hydrogen) atoms. The Hall–Kier alpha value is -1.84. The molecule has 0 atom stereocenters. The van der Waals surface area contributed by atoms with Crippen LogP contribution in [0.5, 0.6) is 0 Å². The van der Waals surface area contributed by atoms with Crippen molar-refractivity contribution in [2.24, 2.45) is 5.41 Å². The maximum absolute atomic E-state index is 12.2. The van der Waals surface area contributed by atoms with Crippen LogP contribution in [0, 0.1) is 19.3 Å².